The van der Waals surface area contributed by atoms with Gasteiger partial charge in [-0.3, -0.25) is 14.6 Å². The van der Waals surface area contributed by atoms with E-state index in [9.17, 15) is 9.59 Å². The van der Waals surface area contributed by atoms with Gasteiger partial charge in [0, 0.05) is 18.2 Å². The lowest BCUT2D eigenvalue weighted by molar-refractivity contribution is -0.117. The summed E-state index contributed by atoms with van der Waals surface area (Å²) in [5, 5.41) is 10.0. The van der Waals surface area contributed by atoms with Crippen LogP contribution in [0.25, 0.3) is 5.69 Å². The molecule has 0 aliphatic heterocycles. The van der Waals surface area contributed by atoms with Crippen LogP contribution in [0, 0.1) is 5.92 Å². The number of benzene rings is 1. The number of amides is 2. The van der Waals surface area contributed by atoms with Gasteiger partial charge in [0.15, 0.2) is 5.69 Å². The second-order valence-corrected chi connectivity index (χ2v) is 6.12. The predicted octanol–water partition coefficient (Wildman–Crippen LogP) is 2.87. The van der Waals surface area contributed by atoms with Gasteiger partial charge in [-0.25, -0.2) is 4.68 Å². The molecule has 2 N–H and O–H groups in total. The van der Waals surface area contributed by atoms with Crippen molar-refractivity contribution in [2.75, 3.05) is 10.6 Å². The summed E-state index contributed by atoms with van der Waals surface area (Å²) in [5.41, 5.74) is 1.55. The van der Waals surface area contributed by atoms with Crippen molar-refractivity contribution in [2.24, 2.45) is 5.92 Å². The number of hydrogen-bond acceptors (Lipinski definition) is 4. The molecule has 26 heavy (non-hydrogen) atoms. The van der Waals surface area contributed by atoms with Crippen LogP contribution < -0.4 is 10.6 Å². The van der Waals surface area contributed by atoms with Crippen LogP contribution in [0.4, 0.5) is 11.5 Å². The van der Waals surface area contributed by atoms with E-state index in [1.165, 1.54) is 0 Å². The van der Waals surface area contributed by atoms with E-state index in [1.54, 1.807) is 35.3 Å². The number of aromatic nitrogens is 3. The number of para-hydroxylation sites is 1. The fraction of sp³-hybridized carbons (Fsp3) is 0.158. The summed E-state index contributed by atoms with van der Waals surface area (Å²) in [6, 6.07) is 14.4. The number of carbonyl (C=O) groups is 2. The Labute approximate surface area is 150 Å². The predicted molar refractivity (Wildman–Crippen MR) is 97.1 cm³/mol. The largest absolute Gasteiger partial charge is 0.319 e. The molecule has 2 heterocycles. The van der Waals surface area contributed by atoms with Gasteiger partial charge in [0.2, 0.25) is 5.91 Å². The lowest BCUT2D eigenvalue weighted by Gasteiger charge is -2.08. The second-order valence-electron chi connectivity index (χ2n) is 6.12. The lowest BCUT2D eigenvalue weighted by Crippen LogP contribution is -2.16. The third-order valence-electron chi connectivity index (χ3n) is 4.06. The molecule has 1 aliphatic rings. The smallest absolute Gasteiger partial charge is 0.276 e. The molecule has 1 saturated carbocycles. The Hall–Kier alpha value is -3.48. The highest BCUT2D eigenvalue weighted by Crippen LogP contribution is 2.30. The van der Waals surface area contributed by atoms with Gasteiger partial charge in [0.1, 0.15) is 5.82 Å². The third kappa shape index (κ3) is 3.46. The summed E-state index contributed by atoms with van der Waals surface area (Å²) in [7, 11) is 0. The molecule has 0 atom stereocenters. The monoisotopic (exact) mass is 347 g/mol. The van der Waals surface area contributed by atoms with Gasteiger partial charge in [-0.05, 0) is 37.1 Å². The molecule has 0 bridgehead atoms. The number of hydrogen-bond donors (Lipinski definition) is 2. The maximum atomic E-state index is 12.5. The molecule has 4 rings (SSSR count). The van der Waals surface area contributed by atoms with Gasteiger partial charge >= 0.3 is 0 Å². The summed E-state index contributed by atoms with van der Waals surface area (Å²) in [6.45, 7) is 0. The van der Waals surface area contributed by atoms with Crippen LogP contribution in [-0.2, 0) is 4.79 Å². The fourth-order valence-electron chi connectivity index (χ4n) is 2.55. The first-order chi connectivity index (χ1) is 12.7. The molecule has 1 aliphatic carbocycles. The van der Waals surface area contributed by atoms with E-state index in [-0.39, 0.29) is 23.4 Å². The molecule has 7 nitrogen and oxygen atoms in total. The Morgan fingerprint density at radius 3 is 2.54 bits per heavy atom. The van der Waals surface area contributed by atoms with Crippen LogP contribution in [0.3, 0.4) is 0 Å². The standard InChI is InChI=1S/C19H17N5O2/c25-18(13-8-9-13)22-17-11-16(19(26)21-14-5-4-10-20-12-14)23-24(17)15-6-2-1-3-7-15/h1-7,10-13H,8-9H2,(H,21,26)(H,22,25). The Bertz CT molecular complexity index is 933. The maximum Gasteiger partial charge on any atom is 0.276 e. The van der Waals surface area contributed by atoms with Gasteiger partial charge < -0.3 is 10.6 Å². The van der Waals surface area contributed by atoms with Crippen molar-refractivity contribution >= 4 is 23.3 Å². The van der Waals surface area contributed by atoms with E-state index in [0.717, 1.165) is 18.5 Å². The van der Waals surface area contributed by atoms with Crippen LogP contribution in [0.5, 0.6) is 0 Å². The summed E-state index contributed by atoms with van der Waals surface area (Å²) in [6.07, 6.45) is 4.99. The molecule has 0 spiro atoms. The Morgan fingerprint density at radius 1 is 1.04 bits per heavy atom. The van der Waals surface area contributed by atoms with Crippen molar-refractivity contribution < 1.29 is 9.59 Å². The number of nitrogens with zero attached hydrogens (tertiary/aromatic N) is 3. The Morgan fingerprint density at radius 2 is 1.85 bits per heavy atom. The summed E-state index contributed by atoms with van der Waals surface area (Å²) in [5.74, 6) is 0.127. The molecule has 0 saturated heterocycles. The number of nitrogens with one attached hydrogen (secondary N) is 2. The molecular weight excluding hydrogens is 330 g/mol. The molecule has 2 amide bonds. The molecule has 1 fully saturated rings. The quantitative estimate of drug-likeness (QED) is 0.743. The van der Waals surface area contributed by atoms with Gasteiger partial charge in [-0.1, -0.05) is 18.2 Å². The molecular formula is C19H17N5O2. The van der Waals surface area contributed by atoms with E-state index < -0.39 is 0 Å². The molecule has 2 aromatic heterocycles. The molecule has 3 aromatic rings. The highest BCUT2D eigenvalue weighted by molar-refractivity contribution is 6.04. The minimum absolute atomic E-state index is 0.0405. The van der Waals surface area contributed by atoms with E-state index in [4.69, 9.17) is 0 Å². The normalized spacial score (nSPS) is 13.2. The average molecular weight is 347 g/mol. The zero-order valence-electron chi connectivity index (χ0n) is 13.9. The SMILES string of the molecule is O=C(Nc1cccnc1)c1cc(NC(=O)C2CC2)n(-c2ccccc2)n1. The maximum absolute atomic E-state index is 12.5. The first-order valence-corrected chi connectivity index (χ1v) is 8.38. The van der Waals surface area contributed by atoms with Crippen molar-refractivity contribution in [2.45, 2.75) is 12.8 Å². The average Bonchev–Trinajstić information content (AvgIpc) is 3.44. The van der Waals surface area contributed by atoms with E-state index in [1.807, 2.05) is 30.3 Å². The van der Waals surface area contributed by atoms with Crippen LogP contribution >= 0.6 is 0 Å². The number of rotatable bonds is 5. The fourth-order valence-corrected chi connectivity index (χ4v) is 2.55. The lowest BCUT2D eigenvalue weighted by atomic mass is 10.3. The van der Waals surface area contributed by atoms with Gasteiger partial charge in [0.05, 0.1) is 17.6 Å². The number of pyridine rings is 1. The zero-order valence-corrected chi connectivity index (χ0v) is 13.9. The van der Waals surface area contributed by atoms with Crippen molar-refractivity contribution in [1.82, 2.24) is 14.8 Å². The van der Waals surface area contributed by atoms with Crippen molar-refractivity contribution in [3.63, 3.8) is 0 Å². The molecule has 0 radical (unpaired) electrons. The summed E-state index contributed by atoms with van der Waals surface area (Å²) >= 11 is 0. The minimum Gasteiger partial charge on any atom is -0.319 e. The third-order valence-corrected chi connectivity index (χ3v) is 4.06. The van der Waals surface area contributed by atoms with Gasteiger partial charge in [0.25, 0.3) is 5.91 Å². The highest BCUT2D eigenvalue weighted by atomic mass is 16.2. The summed E-state index contributed by atoms with van der Waals surface area (Å²) < 4.78 is 1.57. The van der Waals surface area contributed by atoms with E-state index in [2.05, 4.69) is 20.7 Å². The number of anilines is 2. The molecule has 7 heteroatoms. The molecule has 130 valence electrons. The Balaban J connectivity index is 1.63. The van der Waals surface area contributed by atoms with Gasteiger partial charge in [-0.15, -0.1) is 0 Å². The van der Waals surface area contributed by atoms with Crippen molar-refractivity contribution in [3.8, 4) is 5.69 Å². The minimum atomic E-state index is -0.366. The zero-order chi connectivity index (χ0) is 17.9. The van der Waals surface area contributed by atoms with Crippen molar-refractivity contribution in [1.29, 1.82) is 0 Å². The van der Waals surface area contributed by atoms with Crippen LogP contribution in [-0.4, -0.2) is 26.6 Å². The van der Waals surface area contributed by atoms with Crippen LogP contribution in [0.1, 0.15) is 23.3 Å². The topological polar surface area (TPSA) is 88.9 Å². The first kappa shape index (κ1) is 16.0. The second kappa shape index (κ2) is 6.79. The van der Waals surface area contributed by atoms with E-state index in [0.29, 0.717) is 11.5 Å². The Kier molecular flexibility index (Phi) is 4.18. The number of carbonyl (C=O) groups excluding carboxylic acids is 2. The molecule has 1 aromatic carbocycles. The molecule has 0 unspecified atom stereocenters. The summed E-state index contributed by atoms with van der Waals surface area (Å²) in [4.78, 5) is 28.7. The van der Waals surface area contributed by atoms with E-state index >= 15 is 0 Å². The van der Waals surface area contributed by atoms with Crippen LogP contribution in [0.2, 0.25) is 0 Å². The van der Waals surface area contributed by atoms with Gasteiger partial charge in [-0.2, -0.15) is 5.10 Å². The van der Waals surface area contributed by atoms with Crippen molar-refractivity contribution in [3.05, 3.63) is 66.6 Å². The van der Waals surface area contributed by atoms with Crippen LogP contribution in [0.15, 0.2) is 60.9 Å². The first-order valence-electron chi connectivity index (χ1n) is 8.38. The highest BCUT2D eigenvalue weighted by Gasteiger charge is 2.30.